The van der Waals surface area contributed by atoms with Gasteiger partial charge in [0.1, 0.15) is 10.7 Å². The van der Waals surface area contributed by atoms with E-state index >= 15 is 0 Å². The van der Waals surface area contributed by atoms with Crippen molar-refractivity contribution in [3.8, 4) is 0 Å². The first kappa shape index (κ1) is 10.1. The number of aromatic nitrogens is 3. The molecule has 0 amide bonds. The summed E-state index contributed by atoms with van der Waals surface area (Å²) in [6.45, 7) is 1.98. The minimum atomic E-state index is -1.04. The zero-order valence-corrected chi connectivity index (χ0v) is 9.04. The molecule has 0 bridgehead atoms. The summed E-state index contributed by atoms with van der Waals surface area (Å²) in [5.41, 5.74) is 0.486. The Bertz CT molecular complexity index is 516. The van der Waals surface area contributed by atoms with Crippen LogP contribution in [0.2, 0.25) is 0 Å². The average molecular weight is 227 g/mol. The molecule has 0 fully saturated rings. The summed E-state index contributed by atoms with van der Waals surface area (Å²) in [4.78, 5) is 15.8. The summed E-state index contributed by atoms with van der Waals surface area (Å²) >= 11 is 1.35. The number of rotatable bonds is 3. The topological polar surface area (TPSA) is 76.7 Å². The first-order valence-corrected chi connectivity index (χ1v) is 5.02. The highest BCUT2D eigenvalue weighted by atomic mass is 32.1. The molecule has 15 heavy (non-hydrogen) atoms. The Balaban J connectivity index is 2.65. The number of hydrogen-bond donors (Lipinski definition) is 1. The van der Waals surface area contributed by atoms with Crippen LogP contribution < -0.4 is 0 Å². The van der Waals surface area contributed by atoms with Crippen molar-refractivity contribution in [3.05, 3.63) is 16.4 Å². The molecule has 80 valence electrons. The lowest BCUT2D eigenvalue weighted by atomic mass is 10.3. The molecule has 2 aromatic heterocycles. The van der Waals surface area contributed by atoms with E-state index in [0.29, 0.717) is 10.7 Å². The third-order valence-corrected chi connectivity index (χ3v) is 2.68. The summed E-state index contributed by atoms with van der Waals surface area (Å²) in [6, 6.07) is 0. The number of carbonyl (C=O) groups is 1. The number of hydrogen-bond acceptors (Lipinski definition) is 5. The largest absolute Gasteiger partial charge is 0.476 e. The Hall–Kier alpha value is -1.47. The van der Waals surface area contributed by atoms with Crippen LogP contribution in [0.5, 0.6) is 0 Å². The maximum absolute atomic E-state index is 11.0. The predicted octanol–water partition coefficient (Wildman–Crippen LogP) is 0.944. The second kappa shape index (κ2) is 3.59. The fourth-order valence-corrected chi connectivity index (χ4v) is 2.10. The number of aryl methyl sites for hydroxylation is 1. The van der Waals surface area contributed by atoms with Crippen molar-refractivity contribution < 1.29 is 14.6 Å². The third-order valence-electron chi connectivity index (χ3n) is 1.86. The van der Waals surface area contributed by atoms with Crippen LogP contribution in [0.4, 0.5) is 0 Å². The number of methoxy groups -OCH3 is 1. The summed E-state index contributed by atoms with van der Waals surface area (Å²) < 4.78 is 6.23. The van der Waals surface area contributed by atoms with E-state index in [1.54, 1.807) is 6.92 Å². The molecule has 0 saturated heterocycles. The van der Waals surface area contributed by atoms with Crippen LogP contribution in [0, 0.1) is 6.92 Å². The van der Waals surface area contributed by atoms with Gasteiger partial charge in [0.15, 0.2) is 5.69 Å². The lowest BCUT2D eigenvalue weighted by Gasteiger charge is -1.96. The molecule has 6 nitrogen and oxygen atoms in total. The first-order chi connectivity index (χ1) is 7.13. The van der Waals surface area contributed by atoms with Crippen molar-refractivity contribution in [1.29, 1.82) is 0 Å². The fourth-order valence-electron chi connectivity index (χ4n) is 1.34. The second-order valence-corrected chi connectivity index (χ2v) is 4.12. The molecule has 0 aliphatic carbocycles. The van der Waals surface area contributed by atoms with E-state index in [2.05, 4.69) is 10.1 Å². The summed E-state index contributed by atoms with van der Waals surface area (Å²) in [5.74, 6) is -1.04. The van der Waals surface area contributed by atoms with Gasteiger partial charge in [0.2, 0.25) is 4.96 Å². The van der Waals surface area contributed by atoms with Gasteiger partial charge in [-0.05, 0) is 6.92 Å². The van der Waals surface area contributed by atoms with E-state index in [0.717, 1.165) is 5.01 Å². The van der Waals surface area contributed by atoms with E-state index in [-0.39, 0.29) is 12.3 Å². The van der Waals surface area contributed by atoms with Crippen molar-refractivity contribution in [2.24, 2.45) is 0 Å². The van der Waals surface area contributed by atoms with Gasteiger partial charge in [0, 0.05) is 7.11 Å². The number of carboxylic acid groups (broad SMARTS) is 1. The highest BCUT2D eigenvalue weighted by Crippen LogP contribution is 2.18. The molecule has 0 saturated carbocycles. The lowest BCUT2D eigenvalue weighted by Crippen LogP contribution is -2.07. The molecule has 0 aliphatic rings. The molecule has 0 spiro atoms. The van der Waals surface area contributed by atoms with E-state index in [1.165, 1.54) is 23.0 Å². The minimum absolute atomic E-state index is 0.0798. The lowest BCUT2D eigenvalue weighted by molar-refractivity contribution is 0.0682. The maximum atomic E-state index is 11.0. The molecule has 7 heteroatoms. The Morgan fingerprint density at radius 3 is 3.00 bits per heavy atom. The zero-order valence-electron chi connectivity index (χ0n) is 8.22. The molecule has 0 unspecified atom stereocenters. The molecule has 2 rings (SSSR count). The number of fused-ring (bicyclic) bond motifs is 1. The molecular formula is C8H9N3O3S. The van der Waals surface area contributed by atoms with Gasteiger partial charge in [0.25, 0.3) is 0 Å². The SMILES string of the molecule is COCc1nc2sc(C)nn2c1C(=O)O. The zero-order chi connectivity index (χ0) is 11.0. The van der Waals surface area contributed by atoms with Crippen LogP contribution in [0.1, 0.15) is 21.2 Å². The van der Waals surface area contributed by atoms with Crippen molar-refractivity contribution in [3.63, 3.8) is 0 Å². The van der Waals surface area contributed by atoms with E-state index in [4.69, 9.17) is 9.84 Å². The van der Waals surface area contributed by atoms with Crippen LogP contribution in [-0.4, -0.2) is 32.8 Å². The standard InChI is InChI=1S/C8H9N3O3S/c1-4-10-11-6(7(12)13)5(3-14-2)9-8(11)15-4/h3H2,1-2H3,(H,12,13). The average Bonchev–Trinajstić information content (AvgIpc) is 2.59. The highest BCUT2D eigenvalue weighted by molar-refractivity contribution is 7.16. The maximum Gasteiger partial charge on any atom is 0.356 e. The van der Waals surface area contributed by atoms with Crippen LogP contribution in [-0.2, 0) is 11.3 Å². The molecule has 1 N–H and O–H groups in total. The number of aromatic carboxylic acids is 1. The van der Waals surface area contributed by atoms with Gasteiger partial charge in [-0.25, -0.2) is 9.78 Å². The van der Waals surface area contributed by atoms with Crippen LogP contribution >= 0.6 is 11.3 Å². The fraction of sp³-hybridized carbons (Fsp3) is 0.375. The highest BCUT2D eigenvalue weighted by Gasteiger charge is 2.20. The van der Waals surface area contributed by atoms with Gasteiger partial charge >= 0.3 is 5.97 Å². The molecule has 2 heterocycles. The van der Waals surface area contributed by atoms with Crippen LogP contribution in [0.25, 0.3) is 4.96 Å². The molecular weight excluding hydrogens is 218 g/mol. The predicted molar refractivity (Wildman–Crippen MR) is 53.3 cm³/mol. The van der Waals surface area contributed by atoms with Gasteiger partial charge in [-0.15, -0.1) is 0 Å². The Labute approximate surface area is 89.1 Å². The number of carboxylic acids is 1. The second-order valence-electron chi connectivity index (χ2n) is 2.96. The summed E-state index contributed by atoms with van der Waals surface area (Å²) in [5, 5.41) is 13.9. The molecule has 2 aromatic rings. The van der Waals surface area contributed by atoms with Crippen molar-refractivity contribution in [1.82, 2.24) is 14.6 Å². The number of nitrogens with zero attached hydrogens (tertiary/aromatic N) is 3. The van der Waals surface area contributed by atoms with Crippen LogP contribution in [0.15, 0.2) is 0 Å². The summed E-state index contributed by atoms with van der Waals surface area (Å²) in [6.07, 6.45) is 0. The van der Waals surface area contributed by atoms with Gasteiger partial charge < -0.3 is 9.84 Å². The molecule has 0 radical (unpaired) electrons. The van der Waals surface area contributed by atoms with Gasteiger partial charge in [-0.1, -0.05) is 11.3 Å². The normalized spacial score (nSPS) is 11.1. The third kappa shape index (κ3) is 1.59. The Morgan fingerprint density at radius 2 is 2.40 bits per heavy atom. The van der Waals surface area contributed by atoms with Crippen molar-refractivity contribution in [2.45, 2.75) is 13.5 Å². The van der Waals surface area contributed by atoms with Gasteiger partial charge in [-0.3, -0.25) is 0 Å². The smallest absolute Gasteiger partial charge is 0.356 e. The van der Waals surface area contributed by atoms with E-state index < -0.39 is 5.97 Å². The number of imidazole rings is 1. The monoisotopic (exact) mass is 227 g/mol. The molecule has 0 aliphatic heterocycles. The molecule has 0 aromatic carbocycles. The molecule has 0 atom stereocenters. The first-order valence-electron chi connectivity index (χ1n) is 4.20. The van der Waals surface area contributed by atoms with Crippen molar-refractivity contribution >= 4 is 22.3 Å². The van der Waals surface area contributed by atoms with E-state index in [1.807, 2.05) is 0 Å². The van der Waals surface area contributed by atoms with E-state index in [9.17, 15) is 4.79 Å². The Kier molecular flexibility index (Phi) is 2.41. The minimum Gasteiger partial charge on any atom is -0.476 e. The Morgan fingerprint density at radius 1 is 1.67 bits per heavy atom. The van der Waals surface area contributed by atoms with Crippen molar-refractivity contribution in [2.75, 3.05) is 7.11 Å². The van der Waals surface area contributed by atoms with Crippen LogP contribution in [0.3, 0.4) is 0 Å². The van der Waals surface area contributed by atoms with Gasteiger partial charge in [-0.2, -0.15) is 9.61 Å². The summed E-state index contributed by atoms with van der Waals surface area (Å²) in [7, 11) is 1.50. The quantitative estimate of drug-likeness (QED) is 0.844. The number of ether oxygens (including phenoxy) is 1. The van der Waals surface area contributed by atoms with Gasteiger partial charge in [0.05, 0.1) is 6.61 Å².